The fraction of sp³-hybridized carbons (Fsp3) is 0.600. The van der Waals surface area contributed by atoms with Crippen molar-refractivity contribution in [1.82, 2.24) is 10.2 Å². The molecule has 1 aromatic rings. The van der Waals surface area contributed by atoms with E-state index in [-0.39, 0.29) is 0 Å². The molecule has 18 heavy (non-hydrogen) atoms. The number of hydrogen-bond donors (Lipinski definition) is 1. The van der Waals surface area contributed by atoms with Gasteiger partial charge in [0.25, 0.3) is 0 Å². The van der Waals surface area contributed by atoms with E-state index in [1.165, 1.54) is 38.0 Å². The molecule has 1 aromatic carbocycles. The summed E-state index contributed by atoms with van der Waals surface area (Å²) in [7, 11) is 0. The molecule has 2 aliphatic rings. The van der Waals surface area contributed by atoms with Crippen LogP contribution in [0.15, 0.2) is 24.3 Å². The lowest BCUT2D eigenvalue weighted by Crippen LogP contribution is -2.40. The van der Waals surface area contributed by atoms with Crippen molar-refractivity contribution in [2.24, 2.45) is 5.92 Å². The van der Waals surface area contributed by atoms with Crippen LogP contribution in [-0.2, 0) is 0 Å². The molecule has 0 amide bonds. The molecule has 1 N–H and O–H groups in total. The molecule has 0 bridgehead atoms. The first kappa shape index (κ1) is 12.5. The Morgan fingerprint density at radius 3 is 2.78 bits per heavy atom. The van der Waals surface area contributed by atoms with Crippen LogP contribution in [-0.4, -0.2) is 30.6 Å². The summed E-state index contributed by atoms with van der Waals surface area (Å²) in [6, 6.07) is 9.51. The quantitative estimate of drug-likeness (QED) is 0.883. The molecule has 2 nitrogen and oxygen atoms in total. The van der Waals surface area contributed by atoms with E-state index in [0.29, 0.717) is 12.1 Å². The maximum atomic E-state index is 5.95. The van der Waals surface area contributed by atoms with Crippen LogP contribution in [0.5, 0.6) is 0 Å². The van der Waals surface area contributed by atoms with Crippen molar-refractivity contribution in [1.29, 1.82) is 0 Å². The Morgan fingerprint density at radius 2 is 2.06 bits per heavy atom. The van der Waals surface area contributed by atoms with Gasteiger partial charge in [-0.15, -0.1) is 0 Å². The van der Waals surface area contributed by atoms with Crippen LogP contribution in [0.2, 0.25) is 5.02 Å². The second kappa shape index (κ2) is 5.20. The number of hydrogen-bond acceptors (Lipinski definition) is 2. The maximum absolute atomic E-state index is 5.95. The van der Waals surface area contributed by atoms with E-state index in [9.17, 15) is 0 Å². The largest absolute Gasteiger partial charge is 0.312 e. The number of benzene rings is 1. The number of halogens is 1. The number of likely N-dealkylation sites (tertiary alicyclic amines) is 1. The van der Waals surface area contributed by atoms with Gasteiger partial charge in [0.15, 0.2) is 0 Å². The Hall–Kier alpha value is -0.570. The van der Waals surface area contributed by atoms with Crippen molar-refractivity contribution >= 4 is 11.6 Å². The normalized spacial score (nSPS) is 30.1. The monoisotopic (exact) mass is 264 g/mol. The zero-order valence-corrected chi connectivity index (χ0v) is 11.7. The molecule has 2 aliphatic heterocycles. The number of piperidine rings is 1. The molecule has 0 saturated carbocycles. The molecule has 2 fully saturated rings. The second-order valence-electron chi connectivity index (χ2n) is 5.64. The summed E-state index contributed by atoms with van der Waals surface area (Å²) >= 11 is 5.95. The highest BCUT2D eigenvalue weighted by atomic mass is 35.5. The van der Waals surface area contributed by atoms with E-state index in [0.717, 1.165) is 10.9 Å². The van der Waals surface area contributed by atoms with Gasteiger partial charge in [-0.2, -0.15) is 0 Å². The van der Waals surface area contributed by atoms with Gasteiger partial charge in [0.1, 0.15) is 0 Å². The second-order valence-corrected chi connectivity index (χ2v) is 6.08. The molecule has 3 rings (SSSR count). The molecule has 0 aromatic heterocycles. The molecule has 3 heteroatoms. The lowest BCUT2D eigenvalue weighted by Gasteiger charge is -2.25. The minimum atomic E-state index is 0.495. The third-order valence-corrected chi connectivity index (χ3v) is 4.78. The van der Waals surface area contributed by atoms with Crippen LogP contribution in [0.3, 0.4) is 0 Å². The summed E-state index contributed by atoms with van der Waals surface area (Å²) in [5.41, 5.74) is 1.37. The zero-order chi connectivity index (χ0) is 12.5. The minimum Gasteiger partial charge on any atom is -0.312 e. The first-order chi connectivity index (χ1) is 8.74. The molecule has 2 heterocycles. The fourth-order valence-corrected chi connectivity index (χ4v) is 3.47. The van der Waals surface area contributed by atoms with Gasteiger partial charge in [-0.1, -0.05) is 23.7 Å². The van der Waals surface area contributed by atoms with Crippen molar-refractivity contribution in [3.63, 3.8) is 0 Å². The highest BCUT2D eigenvalue weighted by molar-refractivity contribution is 6.30. The first-order valence-electron chi connectivity index (χ1n) is 6.97. The molecule has 2 saturated heterocycles. The zero-order valence-electron chi connectivity index (χ0n) is 10.9. The highest BCUT2D eigenvalue weighted by Gasteiger charge is 2.36. The van der Waals surface area contributed by atoms with Gasteiger partial charge in [-0.05, 0) is 49.9 Å². The number of nitrogens with one attached hydrogen (secondary N) is 1. The Labute approximate surface area is 114 Å². The third kappa shape index (κ3) is 2.42. The van der Waals surface area contributed by atoms with Gasteiger partial charge < -0.3 is 5.32 Å². The van der Waals surface area contributed by atoms with Crippen molar-refractivity contribution in [2.45, 2.75) is 31.8 Å². The van der Waals surface area contributed by atoms with Crippen molar-refractivity contribution < 1.29 is 0 Å². The van der Waals surface area contributed by atoms with Crippen LogP contribution in [0, 0.1) is 5.92 Å². The molecule has 0 radical (unpaired) electrons. The van der Waals surface area contributed by atoms with E-state index >= 15 is 0 Å². The van der Waals surface area contributed by atoms with Crippen molar-refractivity contribution in [3.05, 3.63) is 34.9 Å². The topological polar surface area (TPSA) is 15.3 Å². The summed E-state index contributed by atoms with van der Waals surface area (Å²) in [5.74, 6) is 0.855. The van der Waals surface area contributed by atoms with Crippen LogP contribution in [0.4, 0.5) is 0 Å². The van der Waals surface area contributed by atoms with E-state index < -0.39 is 0 Å². The molecule has 3 atom stereocenters. The van der Waals surface area contributed by atoms with Crippen molar-refractivity contribution in [2.75, 3.05) is 19.6 Å². The van der Waals surface area contributed by atoms with Gasteiger partial charge in [-0.25, -0.2) is 0 Å². The summed E-state index contributed by atoms with van der Waals surface area (Å²) in [6.45, 7) is 5.93. The Bertz CT molecular complexity index is 389. The van der Waals surface area contributed by atoms with Gasteiger partial charge >= 0.3 is 0 Å². The highest BCUT2D eigenvalue weighted by Crippen LogP contribution is 2.31. The lowest BCUT2D eigenvalue weighted by molar-refractivity contribution is 0.251. The van der Waals surface area contributed by atoms with E-state index in [4.69, 9.17) is 11.6 Å². The number of fused-ring (bicyclic) bond motifs is 1. The predicted molar refractivity (Wildman–Crippen MR) is 76.0 cm³/mol. The average Bonchev–Trinajstić information content (AvgIpc) is 2.82. The number of nitrogens with zero attached hydrogens (tertiary/aromatic N) is 1. The molecule has 98 valence electrons. The van der Waals surface area contributed by atoms with E-state index in [1.54, 1.807) is 0 Å². The van der Waals surface area contributed by atoms with Gasteiger partial charge in [-0.3, -0.25) is 4.90 Å². The van der Waals surface area contributed by atoms with Gasteiger partial charge in [0.05, 0.1) is 0 Å². The SMILES string of the molecule is CC(c1ccc(Cl)cc1)N1CC2CCCNC2C1. The first-order valence-corrected chi connectivity index (χ1v) is 7.35. The van der Waals surface area contributed by atoms with Crippen LogP contribution >= 0.6 is 11.6 Å². The summed E-state index contributed by atoms with van der Waals surface area (Å²) in [4.78, 5) is 2.61. The number of rotatable bonds is 2. The summed E-state index contributed by atoms with van der Waals surface area (Å²) in [6.07, 6.45) is 2.73. The Balaban J connectivity index is 1.70. The third-order valence-electron chi connectivity index (χ3n) is 4.53. The van der Waals surface area contributed by atoms with Crippen LogP contribution in [0.1, 0.15) is 31.4 Å². The fourth-order valence-electron chi connectivity index (χ4n) is 3.35. The predicted octanol–water partition coefficient (Wildman–Crippen LogP) is 3.08. The van der Waals surface area contributed by atoms with Gasteiger partial charge in [0.2, 0.25) is 0 Å². The van der Waals surface area contributed by atoms with Crippen molar-refractivity contribution in [3.8, 4) is 0 Å². The smallest absolute Gasteiger partial charge is 0.0406 e. The molecule has 0 aliphatic carbocycles. The molecule has 0 spiro atoms. The average molecular weight is 265 g/mol. The Morgan fingerprint density at radius 1 is 1.28 bits per heavy atom. The lowest BCUT2D eigenvalue weighted by atomic mass is 9.94. The van der Waals surface area contributed by atoms with Gasteiger partial charge in [0, 0.05) is 30.2 Å². The standard InChI is InChI=1S/C15H21ClN2/c1-11(12-4-6-14(16)7-5-12)18-9-13-3-2-8-17-15(13)10-18/h4-7,11,13,15,17H,2-3,8-10H2,1H3. The maximum Gasteiger partial charge on any atom is 0.0406 e. The molecular weight excluding hydrogens is 244 g/mol. The van der Waals surface area contributed by atoms with E-state index in [2.05, 4.69) is 29.3 Å². The summed E-state index contributed by atoms with van der Waals surface area (Å²) in [5, 5.41) is 4.49. The summed E-state index contributed by atoms with van der Waals surface area (Å²) < 4.78 is 0. The van der Waals surface area contributed by atoms with Crippen LogP contribution < -0.4 is 5.32 Å². The minimum absolute atomic E-state index is 0.495. The van der Waals surface area contributed by atoms with E-state index in [1.807, 2.05) is 12.1 Å². The molecular formula is C15H21ClN2. The Kier molecular flexibility index (Phi) is 3.60. The van der Waals surface area contributed by atoms with Crippen LogP contribution in [0.25, 0.3) is 0 Å². The molecule has 3 unspecified atom stereocenters.